The first kappa shape index (κ1) is 17.5. The summed E-state index contributed by atoms with van der Waals surface area (Å²) in [6.07, 6.45) is 3.06. The highest BCUT2D eigenvalue weighted by molar-refractivity contribution is 8.26. The Morgan fingerprint density at radius 1 is 1.42 bits per heavy atom. The zero-order chi connectivity index (χ0) is 17.6. The molecule has 5 heteroatoms. The molecule has 24 heavy (non-hydrogen) atoms. The van der Waals surface area contributed by atoms with Gasteiger partial charge in [-0.25, -0.2) is 0 Å². The molecule has 0 aromatic heterocycles. The molecule has 0 saturated carbocycles. The van der Waals surface area contributed by atoms with Crippen LogP contribution in [0.15, 0.2) is 23.1 Å². The van der Waals surface area contributed by atoms with Crippen molar-refractivity contribution in [1.29, 1.82) is 0 Å². The van der Waals surface area contributed by atoms with Gasteiger partial charge in [-0.2, -0.15) is 0 Å². The zero-order valence-corrected chi connectivity index (χ0v) is 16.5. The number of nitrogens with zero attached hydrogens (tertiary/aromatic N) is 1. The number of hydrogen-bond donors (Lipinski definition) is 1. The lowest BCUT2D eigenvalue weighted by Crippen LogP contribution is -2.51. The van der Waals surface area contributed by atoms with Crippen molar-refractivity contribution in [3.05, 3.63) is 34.2 Å². The molecular formula is C19H24N2OS2. The second kappa shape index (κ2) is 6.19. The second-order valence-electron chi connectivity index (χ2n) is 7.55. The first-order valence-electron chi connectivity index (χ1n) is 8.37. The fourth-order valence-corrected chi connectivity index (χ4v) is 5.15. The highest BCUT2D eigenvalue weighted by atomic mass is 32.2. The van der Waals surface area contributed by atoms with Crippen LogP contribution in [0.3, 0.4) is 0 Å². The number of nitrogens with one attached hydrogen (secondary N) is 1. The van der Waals surface area contributed by atoms with E-state index >= 15 is 0 Å². The lowest BCUT2D eigenvalue weighted by Gasteiger charge is -2.50. The van der Waals surface area contributed by atoms with E-state index < -0.39 is 0 Å². The molecule has 1 saturated heterocycles. The average Bonchev–Trinajstić information content (AvgIpc) is 2.76. The molecule has 3 rings (SSSR count). The van der Waals surface area contributed by atoms with Crippen molar-refractivity contribution in [2.45, 2.75) is 58.5 Å². The summed E-state index contributed by atoms with van der Waals surface area (Å²) in [5.74, 6) is 0.398. The van der Waals surface area contributed by atoms with E-state index in [-0.39, 0.29) is 11.4 Å². The van der Waals surface area contributed by atoms with Gasteiger partial charge in [0.05, 0.1) is 4.91 Å². The minimum absolute atomic E-state index is 0.0966. The van der Waals surface area contributed by atoms with E-state index in [2.05, 4.69) is 63.0 Å². The van der Waals surface area contributed by atoms with Gasteiger partial charge in [-0.15, -0.1) is 0 Å². The standard InChI is InChI=1S/C19H24N2OS2/c1-11(2)21-15-7-6-13(9-16-17(22)20-18(23)24-16)8-14(15)12(3)10-19(21,4)5/h6-9,11-12H,10H2,1-5H3,(H,20,22,23)/b16-9+. The van der Waals surface area contributed by atoms with Crippen LogP contribution >= 0.6 is 24.0 Å². The summed E-state index contributed by atoms with van der Waals surface area (Å²) in [5, 5.41) is 2.67. The van der Waals surface area contributed by atoms with Crippen LogP contribution in [-0.2, 0) is 4.79 Å². The number of thioether (sulfide) groups is 1. The normalized spacial score (nSPS) is 24.5. The number of amides is 1. The van der Waals surface area contributed by atoms with Crippen molar-refractivity contribution in [3.8, 4) is 0 Å². The summed E-state index contributed by atoms with van der Waals surface area (Å²) in [7, 11) is 0. The second-order valence-corrected chi connectivity index (χ2v) is 9.27. The van der Waals surface area contributed by atoms with E-state index in [1.54, 1.807) is 0 Å². The van der Waals surface area contributed by atoms with E-state index in [0.717, 1.165) is 12.0 Å². The van der Waals surface area contributed by atoms with Crippen LogP contribution in [0, 0.1) is 0 Å². The lowest BCUT2D eigenvalue weighted by molar-refractivity contribution is -0.115. The molecule has 2 aliphatic rings. The molecule has 1 aromatic carbocycles. The number of anilines is 1. The first-order valence-corrected chi connectivity index (χ1v) is 9.59. The van der Waals surface area contributed by atoms with E-state index in [1.165, 1.54) is 23.0 Å². The van der Waals surface area contributed by atoms with Crippen molar-refractivity contribution >= 4 is 46.0 Å². The van der Waals surface area contributed by atoms with Crippen LogP contribution in [0.1, 0.15) is 58.1 Å². The lowest BCUT2D eigenvalue weighted by atomic mass is 9.79. The molecule has 1 unspecified atom stereocenters. The molecule has 128 valence electrons. The predicted molar refractivity (Wildman–Crippen MR) is 107 cm³/mol. The summed E-state index contributed by atoms with van der Waals surface area (Å²) >= 11 is 6.39. The van der Waals surface area contributed by atoms with E-state index in [4.69, 9.17) is 12.2 Å². The third-order valence-corrected chi connectivity index (χ3v) is 5.92. The largest absolute Gasteiger partial charge is 0.364 e. The molecule has 1 aromatic rings. The fourth-order valence-electron chi connectivity index (χ4n) is 4.11. The SMILES string of the molecule is CC1CC(C)(C)N(C(C)C)c2ccc(/C=C3/SC(=S)NC3=O)cc21. The molecule has 1 fully saturated rings. The van der Waals surface area contributed by atoms with Gasteiger partial charge in [-0.1, -0.05) is 37.0 Å². The Bertz CT molecular complexity index is 737. The van der Waals surface area contributed by atoms with Crippen molar-refractivity contribution in [2.75, 3.05) is 4.90 Å². The first-order chi connectivity index (χ1) is 11.2. The van der Waals surface area contributed by atoms with Crippen LogP contribution in [-0.4, -0.2) is 21.8 Å². The molecule has 2 heterocycles. The molecule has 2 aliphatic heterocycles. The Labute approximate surface area is 153 Å². The van der Waals surface area contributed by atoms with Gasteiger partial charge in [0.15, 0.2) is 0 Å². The third kappa shape index (κ3) is 3.11. The molecular weight excluding hydrogens is 336 g/mol. The topological polar surface area (TPSA) is 32.3 Å². The Morgan fingerprint density at radius 2 is 2.12 bits per heavy atom. The maximum absolute atomic E-state index is 11.9. The minimum Gasteiger partial charge on any atom is -0.364 e. The number of benzene rings is 1. The summed E-state index contributed by atoms with van der Waals surface area (Å²) in [5.41, 5.74) is 3.89. The molecule has 3 nitrogen and oxygen atoms in total. The smallest absolute Gasteiger partial charge is 0.263 e. The number of rotatable bonds is 2. The summed E-state index contributed by atoms with van der Waals surface area (Å²) < 4.78 is 0.533. The van der Waals surface area contributed by atoms with Gasteiger partial charge < -0.3 is 10.2 Å². The Balaban J connectivity index is 2.02. The Hall–Kier alpha value is -1.33. The highest BCUT2D eigenvalue weighted by Gasteiger charge is 2.37. The van der Waals surface area contributed by atoms with Crippen LogP contribution in [0.5, 0.6) is 0 Å². The average molecular weight is 361 g/mol. The molecule has 0 aliphatic carbocycles. The molecule has 0 radical (unpaired) electrons. The fraction of sp³-hybridized carbons (Fsp3) is 0.474. The van der Waals surface area contributed by atoms with Gasteiger partial charge >= 0.3 is 0 Å². The van der Waals surface area contributed by atoms with Gasteiger partial charge in [0.2, 0.25) is 0 Å². The van der Waals surface area contributed by atoms with E-state index in [9.17, 15) is 4.79 Å². The molecule has 1 atom stereocenters. The molecule has 0 spiro atoms. The molecule has 1 N–H and O–H groups in total. The minimum atomic E-state index is -0.0966. The summed E-state index contributed by atoms with van der Waals surface area (Å²) in [4.78, 5) is 15.1. The van der Waals surface area contributed by atoms with Gasteiger partial charge in [-0.05, 0) is 69.4 Å². The maximum Gasteiger partial charge on any atom is 0.263 e. The number of hydrogen-bond acceptors (Lipinski definition) is 4. The Morgan fingerprint density at radius 3 is 2.71 bits per heavy atom. The highest BCUT2D eigenvalue weighted by Crippen LogP contribution is 2.45. The van der Waals surface area contributed by atoms with Crippen molar-refractivity contribution < 1.29 is 4.79 Å². The number of fused-ring (bicyclic) bond motifs is 1. The van der Waals surface area contributed by atoms with E-state index in [0.29, 0.717) is 21.2 Å². The quantitative estimate of drug-likeness (QED) is 0.613. The number of carbonyl (C=O) groups is 1. The van der Waals surface area contributed by atoms with Crippen LogP contribution in [0.4, 0.5) is 5.69 Å². The van der Waals surface area contributed by atoms with Gasteiger partial charge in [0.1, 0.15) is 4.32 Å². The van der Waals surface area contributed by atoms with Crippen molar-refractivity contribution in [2.24, 2.45) is 0 Å². The van der Waals surface area contributed by atoms with Crippen LogP contribution in [0.2, 0.25) is 0 Å². The zero-order valence-electron chi connectivity index (χ0n) is 14.8. The van der Waals surface area contributed by atoms with Crippen molar-refractivity contribution in [1.82, 2.24) is 5.32 Å². The Kier molecular flexibility index (Phi) is 4.51. The molecule has 1 amide bonds. The van der Waals surface area contributed by atoms with Gasteiger partial charge in [0, 0.05) is 17.3 Å². The van der Waals surface area contributed by atoms with Crippen LogP contribution < -0.4 is 10.2 Å². The third-order valence-electron chi connectivity index (χ3n) is 4.76. The van der Waals surface area contributed by atoms with E-state index in [1.807, 2.05) is 6.08 Å². The predicted octanol–water partition coefficient (Wildman–Crippen LogP) is 4.68. The van der Waals surface area contributed by atoms with Gasteiger partial charge in [-0.3, -0.25) is 4.79 Å². The maximum atomic E-state index is 11.9. The summed E-state index contributed by atoms with van der Waals surface area (Å²) in [6, 6.07) is 6.98. The van der Waals surface area contributed by atoms with Crippen molar-refractivity contribution in [3.63, 3.8) is 0 Å². The molecule has 0 bridgehead atoms. The number of carbonyl (C=O) groups excluding carboxylic acids is 1. The van der Waals surface area contributed by atoms with Gasteiger partial charge in [0.25, 0.3) is 5.91 Å². The summed E-state index contributed by atoms with van der Waals surface area (Å²) in [6.45, 7) is 11.4. The monoisotopic (exact) mass is 360 g/mol. The van der Waals surface area contributed by atoms with Crippen LogP contribution in [0.25, 0.3) is 6.08 Å². The number of thiocarbonyl (C=S) groups is 1.